The lowest BCUT2D eigenvalue weighted by Crippen LogP contribution is -2.16. The Bertz CT molecular complexity index is 696. The van der Waals surface area contributed by atoms with Gasteiger partial charge in [0.1, 0.15) is 0 Å². The van der Waals surface area contributed by atoms with Gasteiger partial charge < -0.3 is 10.4 Å². The van der Waals surface area contributed by atoms with Gasteiger partial charge in [-0.3, -0.25) is 14.6 Å². The minimum absolute atomic E-state index is 0.137. The van der Waals surface area contributed by atoms with Crippen LogP contribution in [0.2, 0.25) is 0 Å². The Hall–Kier alpha value is -2.69. The van der Waals surface area contributed by atoms with Gasteiger partial charge in [-0.1, -0.05) is 18.2 Å². The molecule has 2 N–H and O–H groups in total. The molecule has 0 aliphatic carbocycles. The summed E-state index contributed by atoms with van der Waals surface area (Å²) in [4.78, 5) is 27.4. The fraction of sp³-hybridized carbons (Fsp3) is 0.188. The van der Waals surface area contributed by atoms with Crippen molar-refractivity contribution in [1.82, 2.24) is 4.98 Å². The van der Waals surface area contributed by atoms with E-state index in [4.69, 9.17) is 5.11 Å². The largest absolute Gasteiger partial charge is 0.481 e. The number of carboxylic acid groups (broad SMARTS) is 1. The lowest BCUT2D eigenvalue weighted by atomic mass is 10.1. The quantitative estimate of drug-likeness (QED) is 0.904. The molecule has 2 aromatic rings. The number of aryl methyl sites for hydroxylation is 2. The first-order chi connectivity index (χ1) is 9.97. The van der Waals surface area contributed by atoms with E-state index in [0.717, 1.165) is 5.69 Å². The van der Waals surface area contributed by atoms with Crippen LogP contribution in [-0.2, 0) is 11.2 Å². The second-order valence-electron chi connectivity index (χ2n) is 4.77. The van der Waals surface area contributed by atoms with Gasteiger partial charge in [-0.15, -0.1) is 0 Å². The number of aliphatic carboxylic acids is 1. The maximum absolute atomic E-state index is 12.3. The fourth-order valence-corrected chi connectivity index (χ4v) is 2.08. The van der Waals surface area contributed by atoms with Crippen LogP contribution in [0.5, 0.6) is 0 Å². The smallest absolute Gasteiger partial charge is 0.307 e. The molecule has 0 aliphatic heterocycles. The number of pyridine rings is 1. The molecule has 0 unspecified atom stereocenters. The first kappa shape index (κ1) is 14.7. The number of carboxylic acids is 1. The van der Waals surface area contributed by atoms with Crippen molar-refractivity contribution in [2.24, 2.45) is 0 Å². The van der Waals surface area contributed by atoms with E-state index < -0.39 is 5.97 Å². The van der Waals surface area contributed by atoms with Gasteiger partial charge in [0.15, 0.2) is 0 Å². The van der Waals surface area contributed by atoms with Gasteiger partial charge in [-0.05, 0) is 37.6 Å². The lowest BCUT2D eigenvalue weighted by Gasteiger charge is -2.11. The standard InChI is InChI=1S/C16H16N2O3/c1-10-7-8-13(11(2)17-10)16(21)18-14-6-4-3-5-12(14)9-15(19)20/h3-8H,9H2,1-2H3,(H,18,21)(H,19,20). The van der Waals surface area contributed by atoms with Crippen molar-refractivity contribution in [2.45, 2.75) is 20.3 Å². The zero-order valence-electron chi connectivity index (χ0n) is 11.9. The van der Waals surface area contributed by atoms with Crippen LogP contribution in [-0.4, -0.2) is 22.0 Å². The SMILES string of the molecule is Cc1ccc(C(=O)Nc2ccccc2CC(=O)O)c(C)n1. The van der Waals surface area contributed by atoms with Gasteiger partial charge in [0.2, 0.25) is 0 Å². The highest BCUT2D eigenvalue weighted by molar-refractivity contribution is 6.05. The summed E-state index contributed by atoms with van der Waals surface area (Å²) in [5.74, 6) is -1.23. The zero-order valence-corrected chi connectivity index (χ0v) is 11.9. The van der Waals surface area contributed by atoms with Gasteiger partial charge in [-0.25, -0.2) is 0 Å². The predicted molar refractivity (Wildman–Crippen MR) is 79.4 cm³/mol. The summed E-state index contributed by atoms with van der Waals surface area (Å²) in [5, 5.41) is 11.6. The molecule has 1 aromatic heterocycles. The summed E-state index contributed by atoms with van der Waals surface area (Å²) in [6.07, 6.45) is -0.137. The molecule has 1 amide bonds. The number of rotatable bonds is 4. The lowest BCUT2D eigenvalue weighted by molar-refractivity contribution is -0.136. The fourth-order valence-electron chi connectivity index (χ4n) is 2.08. The number of nitrogens with zero attached hydrogens (tertiary/aromatic N) is 1. The van der Waals surface area contributed by atoms with Crippen LogP contribution in [0.1, 0.15) is 27.3 Å². The van der Waals surface area contributed by atoms with Gasteiger partial charge in [-0.2, -0.15) is 0 Å². The molecule has 0 radical (unpaired) electrons. The Balaban J connectivity index is 2.25. The summed E-state index contributed by atoms with van der Waals surface area (Å²) in [5.41, 5.74) is 3.03. The third-order valence-electron chi connectivity index (χ3n) is 3.08. The molecule has 0 atom stereocenters. The summed E-state index contributed by atoms with van der Waals surface area (Å²) in [7, 11) is 0. The number of benzene rings is 1. The Morgan fingerprint density at radius 2 is 1.86 bits per heavy atom. The molecule has 0 bridgehead atoms. The van der Waals surface area contributed by atoms with Crippen LogP contribution in [0.3, 0.4) is 0 Å². The number of nitrogens with one attached hydrogen (secondary N) is 1. The average molecular weight is 284 g/mol. The van der Waals surface area contributed by atoms with E-state index in [1.54, 1.807) is 43.3 Å². The predicted octanol–water partition coefficient (Wildman–Crippen LogP) is 2.58. The molecule has 5 heteroatoms. The minimum Gasteiger partial charge on any atom is -0.481 e. The summed E-state index contributed by atoms with van der Waals surface area (Å²) < 4.78 is 0. The van der Waals surface area contributed by atoms with Gasteiger partial charge in [0.05, 0.1) is 17.7 Å². The van der Waals surface area contributed by atoms with E-state index in [9.17, 15) is 9.59 Å². The van der Waals surface area contributed by atoms with Crippen molar-refractivity contribution in [3.8, 4) is 0 Å². The number of aromatic nitrogens is 1. The molecular weight excluding hydrogens is 268 g/mol. The number of amides is 1. The highest BCUT2D eigenvalue weighted by Gasteiger charge is 2.13. The Kier molecular flexibility index (Phi) is 4.33. The second kappa shape index (κ2) is 6.17. The van der Waals surface area contributed by atoms with Crippen molar-refractivity contribution in [1.29, 1.82) is 0 Å². The minimum atomic E-state index is -0.940. The van der Waals surface area contributed by atoms with Crippen LogP contribution < -0.4 is 5.32 Å². The first-order valence-corrected chi connectivity index (χ1v) is 6.52. The third kappa shape index (κ3) is 3.66. The molecule has 0 aliphatic rings. The third-order valence-corrected chi connectivity index (χ3v) is 3.08. The van der Waals surface area contributed by atoms with Crippen LogP contribution >= 0.6 is 0 Å². The van der Waals surface area contributed by atoms with E-state index in [2.05, 4.69) is 10.3 Å². The number of carbonyl (C=O) groups excluding carboxylic acids is 1. The number of anilines is 1. The van der Waals surface area contributed by atoms with Crippen LogP contribution in [0.25, 0.3) is 0 Å². The topological polar surface area (TPSA) is 79.3 Å². The van der Waals surface area contributed by atoms with Crippen molar-refractivity contribution >= 4 is 17.6 Å². The highest BCUT2D eigenvalue weighted by Crippen LogP contribution is 2.17. The second-order valence-corrected chi connectivity index (χ2v) is 4.77. The summed E-state index contributed by atoms with van der Waals surface area (Å²) >= 11 is 0. The van der Waals surface area contributed by atoms with Gasteiger partial charge >= 0.3 is 5.97 Å². The van der Waals surface area contributed by atoms with E-state index in [1.165, 1.54) is 0 Å². The molecular formula is C16H16N2O3. The first-order valence-electron chi connectivity index (χ1n) is 6.52. The van der Waals surface area contributed by atoms with Crippen LogP contribution in [0.15, 0.2) is 36.4 Å². The molecule has 0 saturated carbocycles. The van der Waals surface area contributed by atoms with E-state index in [0.29, 0.717) is 22.5 Å². The van der Waals surface area contributed by atoms with Crippen LogP contribution in [0, 0.1) is 13.8 Å². The van der Waals surface area contributed by atoms with Gasteiger partial charge in [0, 0.05) is 11.4 Å². The van der Waals surface area contributed by atoms with E-state index in [-0.39, 0.29) is 12.3 Å². The maximum atomic E-state index is 12.3. The molecule has 0 fully saturated rings. The van der Waals surface area contributed by atoms with Crippen molar-refractivity contribution < 1.29 is 14.7 Å². The average Bonchev–Trinajstić information content (AvgIpc) is 2.40. The number of hydrogen-bond donors (Lipinski definition) is 2. The normalized spacial score (nSPS) is 10.2. The Labute approximate surface area is 122 Å². The molecule has 0 saturated heterocycles. The maximum Gasteiger partial charge on any atom is 0.307 e. The molecule has 5 nitrogen and oxygen atoms in total. The monoisotopic (exact) mass is 284 g/mol. The summed E-state index contributed by atoms with van der Waals surface area (Å²) in [6.45, 7) is 3.63. The van der Waals surface area contributed by atoms with Crippen molar-refractivity contribution in [2.75, 3.05) is 5.32 Å². The number of hydrogen-bond acceptors (Lipinski definition) is 3. The molecule has 2 rings (SSSR count). The van der Waals surface area contributed by atoms with E-state index >= 15 is 0 Å². The Morgan fingerprint density at radius 3 is 2.52 bits per heavy atom. The highest BCUT2D eigenvalue weighted by atomic mass is 16.4. The molecule has 1 heterocycles. The molecule has 1 aromatic carbocycles. The van der Waals surface area contributed by atoms with Crippen molar-refractivity contribution in [3.05, 3.63) is 58.9 Å². The number of carbonyl (C=O) groups is 2. The molecule has 21 heavy (non-hydrogen) atoms. The molecule has 0 spiro atoms. The van der Waals surface area contributed by atoms with Crippen molar-refractivity contribution in [3.63, 3.8) is 0 Å². The van der Waals surface area contributed by atoms with E-state index in [1.807, 2.05) is 6.92 Å². The van der Waals surface area contributed by atoms with Crippen LogP contribution in [0.4, 0.5) is 5.69 Å². The summed E-state index contributed by atoms with van der Waals surface area (Å²) in [6, 6.07) is 10.4. The Morgan fingerprint density at radius 1 is 1.14 bits per heavy atom. The molecule has 108 valence electrons. The van der Waals surface area contributed by atoms with Gasteiger partial charge in [0.25, 0.3) is 5.91 Å². The zero-order chi connectivity index (χ0) is 15.4. The number of para-hydroxylation sites is 1.